The van der Waals surface area contributed by atoms with Crippen LogP contribution in [-0.4, -0.2) is 5.91 Å². The van der Waals surface area contributed by atoms with Gasteiger partial charge in [-0.25, -0.2) is 13.2 Å². The minimum Gasteiger partial charge on any atom is -0.397 e. The first-order chi connectivity index (χ1) is 9.45. The van der Waals surface area contributed by atoms with Crippen LogP contribution in [0.1, 0.15) is 5.56 Å². The van der Waals surface area contributed by atoms with Crippen LogP contribution in [-0.2, 0) is 11.2 Å². The van der Waals surface area contributed by atoms with Gasteiger partial charge in [0.15, 0.2) is 11.6 Å². The molecule has 0 heterocycles. The summed E-state index contributed by atoms with van der Waals surface area (Å²) in [5.74, 6) is -3.06. The van der Waals surface area contributed by atoms with E-state index in [0.29, 0.717) is 5.56 Å². The summed E-state index contributed by atoms with van der Waals surface area (Å²) < 4.78 is 38.8. The first kappa shape index (κ1) is 13.9. The molecule has 3 N–H and O–H groups in total. The largest absolute Gasteiger partial charge is 0.397 e. The lowest BCUT2D eigenvalue weighted by atomic mass is 10.1. The predicted octanol–water partition coefficient (Wildman–Crippen LogP) is 2.87. The van der Waals surface area contributed by atoms with Crippen molar-refractivity contribution in [2.75, 3.05) is 11.1 Å². The number of hydrogen-bond donors (Lipinski definition) is 2. The summed E-state index contributed by atoms with van der Waals surface area (Å²) in [7, 11) is 0. The molecule has 0 aliphatic rings. The van der Waals surface area contributed by atoms with Crippen LogP contribution in [0.2, 0.25) is 0 Å². The van der Waals surface area contributed by atoms with Gasteiger partial charge in [0.2, 0.25) is 5.91 Å². The zero-order chi connectivity index (χ0) is 14.7. The molecule has 0 aromatic heterocycles. The average molecular weight is 280 g/mol. The fourth-order valence-corrected chi connectivity index (χ4v) is 1.67. The third-order valence-electron chi connectivity index (χ3n) is 2.64. The van der Waals surface area contributed by atoms with Gasteiger partial charge in [0.1, 0.15) is 5.82 Å². The molecule has 0 aliphatic carbocycles. The van der Waals surface area contributed by atoms with Crippen molar-refractivity contribution < 1.29 is 18.0 Å². The van der Waals surface area contributed by atoms with E-state index < -0.39 is 23.4 Å². The number of halogens is 3. The van der Waals surface area contributed by atoms with Gasteiger partial charge in [-0.15, -0.1) is 0 Å². The molecule has 20 heavy (non-hydrogen) atoms. The number of benzene rings is 2. The number of anilines is 2. The molecule has 0 saturated carbocycles. The first-order valence-corrected chi connectivity index (χ1v) is 5.74. The number of carbonyl (C=O) groups excluding carboxylic acids is 1. The van der Waals surface area contributed by atoms with Gasteiger partial charge in [-0.3, -0.25) is 4.79 Å². The van der Waals surface area contributed by atoms with Crippen molar-refractivity contribution in [3.8, 4) is 0 Å². The molecule has 3 nitrogen and oxygen atoms in total. The average Bonchev–Trinajstić information content (AvgIpc) is 2.38. The lowest BCUT2D eigenvalue weighted by Gasteiger charge is -2.08. The van der Waals surface area contributed by atoms with E-state index in [-0.39, 0.29) is 17.8 Å². The van der Waals surface area contributed by atoms with Gasteiger partial charge in [-0.1, -0.05) is 6.07 Å². The molecule has 0 unspecified atom stereocenters. The van der Waals surface area contributed by atoms with Crippen molar-refractivity contribution in [1.82, 2.24) is 0 Å². The molecule has 0 atom stereocenters. The Bertz CT molecular complexity index is 659. The standard InChI is InChI=1S/C14H11F3N2O/c15-9-2-4-12(18)13(7-9)19-14(20)6-8-1-3-10(16)11(17)5-8/h1-5,7H,6,18H2,(H,19,20). The molecule has 104 valence electrons. The number of nitrogen functional groups attached to an aromatic ring is 1. The molecular formula is C14H11F3N2O. The van der Waals surface area contributed by atoms with Crippen LogP contribution >= 0.6 is 0 Å². The van der Waals surface area contributed by atoms with Crippen LogP contribution in [0.25, 0.3) is 0 Å². The number of carbonyl (C=O) groups is 1. The highest BCUT2D eigenvalue weighted by Gasteiger charge is 2.09. The van der Waals surface area contributed by atoms with Gasteiger partial charge in [0, 0.05) is 0 Å². The first-order valence-electron chi connectivity index (χ1n) is 5.74. The Hall–Kier alpha value is -2.50. The summed E-state index contributed by atoms with van der Waals surface area (Å²) in [6, 6.07) is 6.74. The maximum absolute atomic E-state index is 13.0. The molecule has 0 spiro atoms. The summed E-state index contributed by atoms with van der Waals surface area (Å²) in [5.41, 5.74) is 6.24. The Morgan fingerprint density at radius 3 is 2.50 bits per heavy atom. The second kappa shape index (κ2) is 5.64. The van der Waals surface area contributed by atoms with Crippen molar-refractivity contribution >= 4 is 17.3 Å². The van der Waals surface area contributed by atoms with E-state index in [9.17, 15) is 18.0 Å². The highest BCUT2D eigenvalue weighted by Crippen LogP contribution is 2.19. The van der Waals surface area contributed by atoms with Crippen LogP contribution in [0.3, 0.4) is 0 Å². The molecule has 2 aromatic carbocycles. The Balaban J connectivity index is 2.09. The summed E-state index contributed by atoms with van der Waals surface area (Å²) in [6.45, 7) is 0. The Kier molecular flexibility index (Phi) is 3.93. The topological polar surface area (TPSA) is 55.1 Å². The van der Waals surface area contributed by atoms with E-state index in [1.807, 2.05) is 0 Å². The zero-order valence-corrected chi connectivity index (χ0v) is 10.3. The molecule has 6 heteroatoms. The molecule has 1 amide bonds. The lowest BCUT2D eigenvalue weighted by Crippen LogP contribution is -2.15. The maximum Gasteiger partial charge on any atom is 0.228 e. The smallest absolute Gasteiger partial charge is 0.228 e. The van der Waals surface area contributed by atoms with E-state index in [1.165, 1.54) is 18.2 Å². The zero-order valence-electron chi connectivity index (χ0n) is 10.3. The van der Waals surface area contributed by atoms with Gasteiger partial charge >= 0.3 is 0 Å². The molecule has 0 fully saturated rings. The summed E-state index contributed by atoms with van der Waals surface area (Å²) in [5, 5.41) is 2.41. The van der Waals surface area contributed by atoms with Crippen molar-refractivity contribution in [3.05, 3.63) is 59.4 Å². The Labute approximate surface area is 113 Å². The lowest BCUT2D eigenvalue weighted by molar-refractivity contribution is -0.115. The molecule has 0 aliphatic heterocycles. The van der Waals surface area contributed by atoms with Gasteiger partial charge < -0.3 is 11.1 Å². The second-order valence-electron chi connectivity index (χ2n) is 4.20. The highest BCUT2D eigenvalue weighted by atomic mass is 19.2. The third-order valence-corrected chi connectivity index (χ3v) is 2.64. The third kappa shape index (κ3) is 3.28. The minimum absolute atomic E-state index is 0.137. The van der Waals surface area contributed by atoms with Crippen molar-refractivity contribution in [2.45, 2.75) is 6.42 Å². The molecular weight excluding hydrogens is 269 g/mol. The van der Waals surface area contributed by atoms with Gasteiger partial charge in [-0.2, -0.15) is 0 Å². The number of nitrogens with two attached hydrogens (primary N) is 1. The van der Waals surface area contributed by atoms with Crippen LogP contribution in [0.15, 0.2) is 36.4 Å². The molecule has 2 rings (SSSR count). The fourth-order valence-electron chi connectivity index (χ4n) is 1.67. The number of rotatable bonds is 3. The summed E-state index contributed by atoms with van der Waals surface area (Å²) >= 11 is 0. The monoisotopic (exact) mass is 280 g/mol. The van der Waals surface area contributed by atoms with Crippen molar-refractivity contribution in [3.63, 3.8) is 0 Å². The molecule has 2 aromatic rings. The Morgan fingerprint density at radius 2 is 1.80 bits per heavy atom. The summed E-state index contributed by atoms with van der Waals surface area (Å²) in [4.78, 5) is 11.7. The van der Waals surface area contributed by atoms with Crippen molar-refractivity contribution in [1.29, 1.82) is 0 Å². The van der Waals surface area contributed by atoms with Crippen LogP contribution in [0.4, 0.5) is 24.5 Å². The fraction of sp³-hybridized carbons (Fsp3) is 0.0714. The second-order valence-corrected chi connectivity index (χ2v) is 4.20. The Morgan fingerprint density at radius 1 is 1.05 bits per heavy atom. The highest BCUT2D eigenvalue weighted by molar-refractivity contribution is 5.95. The molecule has 0 radical (unpaired) electrons. The van der Waals surface area contributed by atoms with Crippen LogP contribution in [0, 0.1) is 17.5 Å². The maximum atomic E-state index is 13.0. The van der Waals surface area contributed by atoms with Crippen LogP contribution in [0.5, 0.6) is 0 Å². The number of amides is 1. The van der Waals surface area contributed by atoms with Gasteiger partial charge in [0.05, 0.1) is 17.8 Å². The van der Waals surface area contributed by atoms with E-state index >= 15 is 0 Å². The quantitative estimate of drug-likeness (QED) is 0.849. The van der Waals surface area contributed by atoms with E-state index in [4.69, 9.17) is 5.73 Å². The SMILES string of the molecule is Nc1ccc(F)cc1NC(=O)Cc1ccc(F)c(F)c1. The van der Waals surface area contributed by atoms with E-state index in [2.05, 4.69) is 5.32 Å². The van der Waals surface area contributed by atoms with Gasteiger partial charge in [0.25, 0.3) is 0 Å². The minimum atomic E-state index is -1.03. The van der Waals surface area contributed by atoms with Crippen LogP contribution < -0.4 is 11.1 Å². The predicted molar refractivity (Wildman–Crippen MR) is 69.5 cm³/mol. The van der Waals surface area contributed by atoms with E-state index in [0.717, 1.165) is 18.2 Å². The van der Waals surface area contributed by atoms with E-state index in [1.54, 1.807) is 0 Å². The van der Waals surface area contributed by atoms with Gasteiger partial charge in [-0.05, 0) is 35.9 Å². The molecule has 0 saturated heterocycles. The summed E-state index contributed by atoms with van der Waals surface area (Å²) in [6.07, 6.45) is -0.173. The molecule has 0 bridgehead atoms. The number of hydrogen-bond acceptors (Lipinski definition) is 2. The van der Waals surface area contributed by atoms with Crippen molar-refractivity contribution in [2.24, 2.45) is 0 Å². The number of nitrogens with one attached hydrogen (secondary N) is 1. The normalized spacial score (nSPS) is 10.3.